The minimum atomic E-state index is -0.808. The summed E-state index contributed by atoms with van der Waals surface area (Å²) < 4.78 is 5.74. The minimum Gasteiger partial charge on any atom is -0.481 e. The average Bonchev–Trinajstić information content (AvgIpc) is 2.89. The van der Waals surface area contributed by atoms with Crippen molar-refractivity contribution in [3.05, 3.63) is 54.1 Å². The summed E-state index contributed by atoms with van der Waals surface area (Å²) in [5.41, 5.74) is 3.32. The van der Waals surface area contributed by atoms with Crippen molar-refractivity contribution < 1.29 is 14.3 Å². The molecule has 100 valence electrons. The van der Waals surface area contributed by atoms with E-state index in [0.717, 1.165) is 22.2 Å². The maximum absolute atomic E-state index is 10.7. The van der Waals surface area contributed by atoms with Crippen LogP contribution in [0.5, 0.6) is 0 Å². The van der Waals surface area contributed by atoms with Crippen molar-refractivity contribution in [3.8, 4) is 11.5 Å². The first kappa shape index (κ1) is 12.4. The molecule has 0 unspecified atom stereocenters. The number of carbonyl (C=O) groups is 1. The summed E-state index contributed by atoms with van der Waals surface area (Å²) in [6.07, 6.45) is 0.557. The highest BCUT2D eigenvalue weighted by molar-refractivity contribution is 5.77. The van der Waals surface area contributed by atoms with E-state index in [4.69, 9.17) is 9.52 Å². The number of rotatable bonds is 4. The molecule has 0 aliphatic carbocycles. The highest BCUT2D eigenvalue weighted by Crippen LogP contribution is 2.27. The van der Waals surface area contributed by atoms with E-state index in [-0.39, 0.29) is 6.42 Å². The first-order valence-corrected chi connectivity index (χ1v) is 6.40. The van der Waals surface area contributed by atoms with Gasteiger partial charge in [0.15, 0.2) is 5.58 Å². The van der Waals surface area contributed by atoms with Crippen LogP contribution in [0.3, 0.4) is 0 Å². The van der Waals surface area contributed by atoms with Gasteiger partial charge in [0.2, 0.25) is 5.89 Å². The molecule has 3 aromatic rings. The Morgan fingerprint density at radius 2 is 1.85 bits per heavy atom. The van der Waals surface area contributed by atoms with Crippen LogP contribution >= 0.6 is 0 Å². The van der Waals surface area contributed by atoms with Crippen LogP contribution in [0.25, 0.3) is 22.6 Å². The van der Waals surface area contributed by atoms with E-state index in [2.05, 4.69) is 4.98 Å². The number of fused-ring (bicyclic) bond motifs is 1. The summed E-state index contributed by atoms with van der Waals surface area (Å²) in [5, 5.41) is 8.81. The van der Waals surface area contributed by atoms with Crippen LogP contribution < -0.4 is 0 Å². The number of para-hydroxylation sites is 2. The quantitative estimate of drug-likeness (QED) is 0.785. The number of aliphatic carboxylic acids is 1. The normalized spacial score (nSPS) is 10.8. The van der Waals surface area contributed by atoms with Gasteiger partial charge in [-0.3, -0.25) is 4.79 Å². The molecular formula is C16H13NO3. The molecule has 0 atom stereocenters. The Kier molecular flexibility index (Phi) is 3.21. The van der Waals surface area contributed by atoms with E-state index in [1.54, 1.807) is 0 Å². The number of carboxylic acids is 1. The molecule has 0 aliphatic heterocycles. The number of aromatic nitrogens is 1. The summed E-state index contributed by atoms with van der Waals surface area (Å²) >= 11 is 0. The van der Waals surface area contributed by atoms with Crippen molar-refractivity contribution in [2.75, 3.05) is 0 Å². The molecular weight excluding hydrogens is 254 g/mol. The fourth-order valence-corrected chi connectivity index (χ4v) is 2.18. The lowest BCUT2D eigenvalue weighted by Crippen LogP contribution is -1.98. The Morgan fingerprint density at radius 1 is 1.10 bits per heavy atom. The van der Waals surface area contributed by atoms with Crippen molar-refractivity contribution in [2.45, 2.75) is 12.8 Å². The van der Waals surface area contributed by atoms with E-state index < -0.39 is 5.97 Å². The molecule has 20 heavy (non-hydrogen) atoms. The Balaban J connectivity index is 2.02. The van der Waals surface area contributed by atoms with Gasteiger partial charge in [0, 0.05) is 12.0 Å². The number of aryl methyl sites for hydroxylation is 1. The number of oxazole rings is 1. The molecule has 0 bridgehead atoms. The Labute approximate surface area is 115 Å². The van der Waals surface area contributed by atoms with Gasteiger partial charge >= 0.3 is 5.97 Å². The molecule has 4 heteroatoms. The third-order valence-corrected chi connectivity index (χ3v) is 3.15. The van der Waals surface area contributed by atoms with Gasteiger partial charge in [0.05, 0.1) is 0 Å². The number of hydrogen-bond donors (Lipinski definition) is 1. The second-order valence-corrected chi connectivity index (χ2v) is 4.54. The van der Waals surface area contributed by atoms with E-state index in [1.165, 1.54) is 0 Å². The van der Waals surface area contributed by atoms with Gasteiger partial charge in [0.1, 0.15) is 5.52 Å². The van der Waals surface area contributed by atoms with Crippen LogP contribution in [0.4, 0.5) is 0 Å². The van der Waals surface area contributed by atoms with Crippen LogP contribution in [0.15, 0.2) is 52.9 Å². The van der Waals surface area contributed by atoms with Gasteiger partial charge in [-0.05, 0) is 30.2 Å². The molecule has 0 saturated heterocycles. The molecule has 1 heterocycles. The highest BCUT2D eigenvalue weighted by Gasteiger charge is 2.12. The summed E-state index contributed by atoms with van der Waals surface area (Å²) in [5.74, 6) is -0.274. The fraction of sp³-hybridized carbons (Fsp3) is 0.125. The predicted octanol–water partition coefficient (Wildman–Crippen LogP) is 3.51. The van der Waals surface area contributed by atoms with Gasteiger partial charge < -0.3 is 9.52 Å². The summed E-state index contributed by atoms with van der Waals surface area (Å²) in [6.45, 7) is 0. The Morgan fingerprint density at radius 3 is 2.65 bits per heavy atom. The number of benzene rings is 2. The standard InChI is InChI=1S/C16H13NO3/c18-15(19)10-9-11-5-1-2-6-12(11)16-17-13-7-3-4-8-14(13)20-16/h1-8H,9-10H2,(H,18,19). The molecule has 3 rings (SSSR count). The van der Waals surface area contributed by atoms with E-state index in [0.29, 0.717) is 12.3 Å². The van der Waals surface area contributed by atoms with Gasteiger partial charge in [0.25, 0.3) is 0 Å². The monoisotopic (exact) mass is 267 g/mol. The molecule has 0 fully saturated rings. The Hall–Kier alpha value is -2.62. The molecule has 1 aromatic heterocycles. The van der Waals surface area contributed by atoms with Crippen LogP contribution in [-0.2, 0) is 11.2 Å². The zero-order valence-electron chi connectivity index (χ0n) is 10.7. The van der Waals surface area contributed by atoms with Crippen molar-refractivity contribution in [1.82, 2.24) is 4.98 Å². The second-order valence-electron chi connectivity index (χ2n) is 4.54. The molecule has 0 saturated carbocycles. The van der Waals surface area contributed by atoms with Crippen molar-refractivity contribution >= 4 is 17.1 Å². The smallest absolute Gasteiger partial charge is 0.303 e. The number of nitrogens with zero attached hydrogens (tertiary/aromatic N) is 1. The largest absolute Gasteiger partial charge is 0.481 e. The van der Waals surface area contributed by atoms with Gasteiger partial charge in [-0.2, -0.15) is 0 Å². The number of carboxylic acid groups (broad SMARTS) is 1. The molecule has 0 amide bonds. The van der Waals surface area contributed by atoms with Crippen LogP contribution in [0.1, 0.15) is 12.0 Å². The molecule has 0 aliphatic rings. The van der Waals surface area contributed by atoms with E-state index in [1.807, 2.05) is 48.5 Å². The topological polar surface area (TPSA) is 63.3 Å². The number of hydrogen-bond acceptors (Lipinski definition) is 3. The fourth-order valence-electron chi connectivity index (χ4n) is 2.18. The first-order chi connectivity index (χ1) is 9.74. The minimum absolute atomic E-state index is 0.0945. The van der Waals surface area contributed by atoms with Crippen molar-refractivity contribution in [2.24, 2.45) is 0 Å². The van der Waals surface area contributed by atoms with Gasteiger partial charge in [-0.15, -0.1) is 0 Å². The third kappa shape index (κ3) is 2.40. The SMILES string of the molecule is O=C(O)CCc1ccccc1-c1nc2ccccc2o1. The zero-order valence-corrected chi connectivity index (χ0v) is 10.7. The molecule has 4 nitrogen and oxygen atoms in total. The van der Waals surface area contributed by atoms with Crippen LogP contribution in [0.2, 0.25) is 0 Å². The first-order valence-electron chi connectivity index (χ1n) is 6.40. The lowest BCUT2D eigenvalue weighted by molar-refractivity contribution is -0.136. The molecule has 1 N–H and O–H groups in total. The summed E-state index contributed by atoms with van der Waals surface area (Å²) in [7, 11) is 0. The average molecular weight is 267 g/mol. The van der Waals surface area contributed by atoms with Crippen LogP contribution in [0, 0.1) is 0 Å². The molecule has 2 aromatic carbocycles. The van der Waals surface area contributed by atoms with Crippen molar-refractivity contribution in [3.63, 3.8) is 0 Å². The molecule has 0 spiro atoms. The zero-order chi connectivity index (χ0) is 13.9. The second kappa shape index (κ2) is 5.17. The molecule has 0 radical (unpaired) electrons. The lowest BCUT2D eigenvalue weighted by Gasteiger charge is -2.04. The summed E-state index contributed by atoms with van der Waals surface area (Å²) in [4.78, 5) is 15.2. The van der Waals surface area contributed by atoms with Gasteiger partial charge in [-0.25, -0.2) is 4.98 Å². The Bertz CT molecular complexity index is 728. The van der Waals surface area contributed by atoms with E-state index in [9.17, 15) is 4.79 Å². The lowest BCUT2D eigenvalue weighted by atomic mass is 10.0. The third-order valence-electron chi connectivity index (χ3n) is 3.15. The maximum Gasteiger partial charge on any atom is 0.303 e. The van der Waals surface area contributed by atoms with Crippen LogP contribution in [-0.4, -0.2) is 16.1 Å². The maximum atomic E-state index is 10.7. The van der Waals surface area contributed by atoms with E-state index >= 15 is 0 Å². The van der Waals surface area contributed by atoms with Gasteiger partial charge in [-0.1, -0.05) is 30.3 Å². The summed E-state index contributed by atoms with van der Waals surface area (Å²) in [6, 6.07) is 15.2. The van der Waals surface area contributed by atoms with Crippen molar-refractivity contribution in [1.29, 1.82) is 0 Å². The predicted molar refractivity (Wildman–Crippen MR) is 75.4 cm³/mol. The highest BCUT2D eigenvalue weighted by atomic mass is 16.4.